The van der Waals surface area contributed by atoms with E-state index in [9.17, 15) is 4.79 Å². The van der Waals surface area contributed by atoms with Gasteiger partial charge in [0.1, 0.15) is 6.54 Å². The van der Waals surface area contributed by atoms with Crippen LogP contribution in [0.3, 0.4) is 0 Å². The van der Waals surface area contributed by atoms with Gasteiger partial charge in [0.2, 0.25) is 5.91 Å². The molecule has 0 unspecified atom stereocenters. The van der Waals surface area contributed by atoms with Gasteiger partial charge in [0, 0.05) is 18.9 Å². The number of carbonyl (C=O) groups is 1. The molecule has 0 fully saturated rings. The molecule has 2 aromatic rings. The van der Waals surface area contributed by atoms with Crippen LogP contribution in [0.4, 0.5) is 0 Å². The molecule has 0 aromatic carbocycles. The maximum absolute atomic E-state index is 11.6. The molecule has 1 N–H and O–H groups in total. The molecule has 0 aliphatic rings. The number of nitrogens with zero attached hydrogens (tertiary/aromatic N) is 4. The summed E-state index contributed by atoms with van der Waals surface area (Å²) in [5.74, 6) is -0.0516. The fourth-order valence-electron chi connectivity index (χ4n) is 1.52. The molecule has 0 spiro atoms. The fraction of sp³-hybridized carbons (Fsp3) is 0.364. The predicted molar refractivity (Wildman–Crippen MR) is 69.9 cm³/mol. The van der Waals surface area contributed by atoms with Gasteiger partial charge in [0.25, 0.3) is 0 Å². The number of nitrogens with one attached hydrogen (secondary N) is 1. The zero-order valence-electron chi connectivity index (χ0n) is 10.0. The van der Waals surface area contributed by atoms with Crippen LogP contribution in [0, 0.1) is 6.92 Å². The minimum atomic E-state index is -0.0516. The van der Waals surface area contributed by atoms with Crippen molar-refractivity contribution in [1.82, 2.24) is 24.9 Å². The van der Waals surface area contributed by atoms with E-state index in [-0.39, 0.29) is 12.5 Å². The van der Waals surface area contributed by atoms with Crippen molar-refractivity contribution in [2.75, 3.05) is 6.54 Å². The summed E-state index contributed by atoms with van der Waals surface area (Å²) in [5.41, 5.74) is 0.907. The lowest BCUT2D eigenvalue weighted by molar-refractivity contribution is -0.121. The van der Waals surface area contributed by atoms with Gasteiger partial charge in [-0.25, -0.2) is 0 Å². The van der Waals surface area contributed by atoms with Crippen LogP contribution < -0.4 is 5.32 Å². The van der Waals surface area contributed by atoms with E-state index < -0.39 is 0 Å². The molecule has 0 radical (unpaired) electrons. The van der Waals surface area contributed by atoms with Gasteiger partial charge in [-0.15, -0.1) is 0 Å². The molecule has 0 bridgehead atoms. The van der Waals surface area contributed by atoms with E-state index >= 15 is 0 Å². The lowest BCUT2D eigenvalue weighted by Gasteiger charge is -2.05. The lowest BCUT2D eigenvalue weighted by Crippen LogP contribution is -2.30. The Morgan fingerprint density at radius 2 is 2.33 bits per heavy atom. The van der Waals surface area contributed by atoms with Crippen LogP contribution in [0.5, 0.6) is 0 Å². The smallest absolute Gasteiger partial charge is 0.241 e. The minimum absolute atomic E-state index is 0.0516. The molecule has 2 rings (SSSR count). The molecule has 0 aliphatic heterocycles. The first-order chi connectivity index (χ1) is 8.63. The van der Waals surface area contributed by atoms with Gasteiger partial charge in [-0.05, 0) is 28.9 Å². The first kappa shape index (κ1) is 12.8. The summed E-state index contributed by atoms with van der Waals surface area (Å²) in [6.45, 7) is 3.34. The molecule has 96 valence electrons. The van der Waals surface area contributed by atoms with Crippen molar-refractivity contribution in [3.63, 3.8) is 0 Å². The second kappa shape index (κ2) is 5.81. The third-order valence-corrected chi connectivity index (χ3v) is 2.75. The molecule has 0 aliphatic carbocycles. The first-order valence-electron chi connectivity index (χ1n) is 5.58. The molecule has 1 amide bonds. The quantitative estimate of drug-likeness (QED) is 0.894. The molecule has 2 aromatic heterocycles. The van der Waals surface area contributed by atoms with Gasteiger partial charge in [-0.2, -0.15) is 10.2 Å². The number of aromatic nitrogens is 4. The number of hydrogen-bond acceptors (Lipinski definition) is 3. The van der Waals surface area contributed by atoms with Crippen LogP contribution >= 0.6 is 15.9 Å². The Morgan fingerprint density at radius 3 is 2.94 bits per heavy atom. The van der Waals surface area contributed by atoms with Crippen LogP contribution in [0.15, 0.2) is 29.1 Å². The van der Waals surface area contributed by atoms with Gasteiger partial charge in [0.05, 0.1) is 22.9 Å². The average Bonchev–Trinajstić information content (AvgIpc) is 2.88. The van der Waals surface area contributed by atoms with Crippen LogP contribution in [0.25, 0.3) is 0 Å². The third-order valence-electron chi connectivity index (χ3n) is 2.34. The van der Waals surface area contributed by atoms with Crippen LogP contribution in [-0.4, -0.2) is 32.0 Å². The number of halogens is 1. The van der Waals surface area contributed by atoms with Crippen molar-refractivity contribution in [2.24, 2.45) is 0 Å². The van der Waals surface area contributed by atoms with E-state index in [0.717, 1.165) is 10.2 Å². The van der Waals surface area contributed by atoms with Gasteiger partial charge < -0.3 is 5.32 Å². The maximum atomic E-state index is 11.6. The second-order valence-electron chi connectivity index (χ2n) is 3.93. The molecule has 2 heterocycles. The largest absolute Gasteiger partial charge is 0.353 e. The summed E-state index contributed by atoms with van der Waals surface area (Å²) in [7, 11) is 0. The second-order valence-corrected chi connectivity index (χ2v) is 4.84. The Balaban J connectivity index is 1.72. The van der Waals surface area contributed by atoms with E-state index in [0.29, 0.717) is 13.1 Å². The zero-order chi connectivity index (χ0) is 13.0. The van der Waals surface area contributed by atoms with Crippen molar-refractivity contribution in [2.45, 2.75) is 20.0 Å². The molecule has 6 nitrogen and oxygen atoms in total. The van der Waals surface area contributed by atoms with Gasteiger partial charge in [0.15, 0.2) is 0 Å². The lowest BCUT2D eigenvalue weighted by atomic mass is 10.5. The van der Waals surface area contributed by atoms with E-state index in [1.165, 1.54) is 0 Å². The Hall–Kier alpha value is -1.63. The minimum Gasteiger partial charge on any atom is -0.353 e. The topological polar surface area (TPSA) is 64.7 Å². The highest BCUT2D eigenvalue weighted by Gasteiger charge is 2.03. The van der Waals surface area contributed by atoms with Crippen molar-refractivity contribution in [1.29, 1.82) is 0 Å². The predicted octanol–water partition coefficient (Wildman–Crippen LogP) is 0.967. The van der Waals surface area contributed by atoms with E-state index in [1.807, 2.05) is 19.2 Å². The molecule has 18 heavy (non-hydrogen) atoms. The Labute approximate surface area is 113 Å². The zero-order valence-corrected chi connectivity index (χ0v) is 11.6. The molecule has 7 heteroatoms. The summed E-state index contributed by atoms with van der Waals surface area (Å²) in [6, 6.07) is 1.87. The standard InChI is InChI=1S/C11H14BrN5O/c1-9-2-4-17(15-9)8-11(18)13-3-5-16-7-10(12)6-14-16/h2,4,6-7H,3,5,8H2,1H3,(H,13,18). The molecular weight excluding hydrogens is 298 g/mol. The molecule has 0 atom stereocenters. The van der Waals surface area contributed by atoms with E-state index in [2.05, 4.69) is 31.4 Å². The molecule has 0 saturated heterocycles. The monoisotopic (exact) mass is 311 g/mol. The van der Waals surface area contributed by atoms with Crippen LogP contribution in [0.1, 0.15) is 5.69 Å². The number of carbonyl (C=O) groups excluding carboxylic acids is 1. The summed E-state index contributed by atoms with van der Waals surface area (Å²) in [6.07, 6.45) is 5.37. The van der Waals surface area contributed by atoms with Crippen molar-refractivity contribution in [3.05, 3.63) is 34.8 Å². The number of rotatable bonds is 5. The van der Waals surface area contributed by atoms with Gasteiger partial charge >= 0.3 is 0 Å². The van der Waals surface area contributed by atoms with Crippen LogP contribution in [-0.2, 0) is 17.9 Å². The Bertz CT molecular complexity index is 533. The highest BCUT2D eigenvalue weighted by molar-refractivity contribution is 9.10. The highest BCUT2D eigenvalue weighted by atomic mass is 79.9. The number of hydrogen-bond donors (Lipinski definition) is 1. The van der Waals surface area contributed by atoms with Gasteiger partial charge in [-0.3, -0.25) is 14.2 Å². The SMILES string of the molecule is Cc1ccn(CC(=O)NCCn2cc(Br)cn2)n1. The third kappa shape index (κ3) is 3.69. The van der Waals surface area contributed by atoms with E-state index in [4.69, 9.17) is 0 Å². The van der Waals surface area contributed by atoms with E-state index in [1.54, 1.807) is 21.8 Å². The van der Waals surface area contributed by atoms with Crippen molar-refractivity contribution in [3.8, 4) is 0 Å². The summed E-state index contributed by atoms with van der Waals surface area (Å²) in [4.78, 5) is 11.6. The Morgan fingerprint density at radius 1 is 1.50 bits per heavy atom. The molecular formula is C11H14BrN5O. The van der Waals surface area contributed by atoms with Crippen LogP contribution in [0.2, 0.25) is 0 Å². The Kier molecular flexibility index (Phi) is 4.14. The van der Waals surface area contributed by atoms with Crippen molar-refractivity contribution < 1.29 is 4.79 Å². The molecule has 0 saturated carbocycles. The summed E-state index contributed by atoms with van der Waals surface area (Å²) < 4.78 is 4.32. The van der Waals surface area contributed by atoms with Crippen molar-refractivity contribution >= 4 is 21.8 Å². The average molecular weight is 312 g/mol. The fourth-order valence-corrected chi connectivity index (χ4v) is 1.85. The normalized spacial score (nSPS) is 10.6. The number of aryl methyl sites for hydroxylation is 1. The number of amides is 1. The maximum Gasteiger partial charge on any atom is 0.241 e. The highest BCUT2D eigenvalue weighted by Crippen LogP contribution is 2.05. The van der Waals surface area contributed by atoms with Gasteiger partial charge in [-0.1, -0.05) is 0 Å². The summed E-state index contributed by atoms with van der Waals surface area (Å²) >= 11 is 3.32. The summed E-state index contributed by atoms with van der Waals surface area (Å²) in [5, 5.41) is 11.1. The first-order valence-corrected chi connectivity index (χ1v) is 6.37.